The van der Waals surface area contributed by atoms with Crippen LogP contribution in [0.5, 0.6) is 5.75 Å². The molecule has 0 radical (unpaired) electrons. The molecule has 1 aromatic carbocycles. The number of benzene rings is 1. The van der Waals surface area contributed by atoms with Crippen LogP contribution in [0.2, 0.25) is 0 Å². The third kappa shape index (κ3) is 3.72. The Hall–Kier alpha value is -3.81. The van der Waals surface area contributed by atoms with Crippen molar-refractivity contribution in [1.29, 1.82) is 0 Å². The minimum atomic E-state index is 0.0387. The number of likely N-dealkylation sites (tertiary alicyclic amines) is 1. The van der Waals surface area contributed by atoms with Gasteiger partial charge in [-0.25, -0.2) is 4.98 Å². The van der Waals surface area contributed by atoms with E-state index in [1.54, 1.807) is 19.3 Å². The molecule has 0 aliphatic carbocycles. The molecule has 4 aromatic rings. The van der Waals surface area contributed by atoms with E-state index in [1.807, 2.05) is 51.9 Å². The van der Waals surface area contributed by atoms with Gasteiger partial charge in [0.25, 0.3) is 0 Å². The zero-order valence-corrected chi connectivity index (χ0v) is 17.1. The summed E-state index contributed by atoms with van der Waals surface area (Å²) in [5.74, 6) is 1.28. The predicted molar refractivity (Wildman–Crippen MR) is 114 cm³/mol. The Morgan fingerprint density at radius 1 is 1.23 bits per heavy atom. The smallest absolute Gasteiger partial charge is 0.219 e. The summed E-state index contributed by atoms with van der Waals surface area (Å²) in [7, 11) is 0. The molecule has 31 heavy (non-hydrogen) atoms. The van der Waals surface area contributed by atoms with Crippen LogP contribution in [0.1, 0.15) is 19.8 Å². The van der Waals surface area contributed by atoms with E-state index in [9.17, 15) is 10.0 Å². The van der Waals surface area contributed by atoms with Crippen molar-refractivity contribution >= 4 is 22.4 Å². The maximum absolute atomic E-state index is 11.5. The normalized spacial score (nSPS) is 15.6. The lowest BCUT2D eigenvalue weighted by Crippen LogP contribution is -2.40. The Balaban J connectivity index is 1.44. The first kappa shape index (κ1) is 19.2. The molecule has 1 aliphatic rings. The van der Waals surface area contributed by atoms with Crippen molar-refractivity contribution < 1.29 is 19.2 Å². The summed E-state index contributed by atoms with van der Waals surface area (Å²) in [6.45, 7) is 2.99. The average Bonchev–Trinajstić information content (AvgIpc) is 3.26. The number of rotatable bonds is 3. The second-order valence-corrected chi connectivity index (χ2v) is 7.69. The van der Waals surface area contributed by atoms with E-state index in [1.165, 1.54) is 0 Å². The molecule has 5 rings (SSSR count). The van der Waals surface area contributed by atoms with Crippen molar-refractivity contribution in [3.05, 3.63) is 60.3 Å². The predicted octanol–water partition coefficient (Wildman–Crippen LogP) is 3.43. The quantitative estimate of drug-likeness (QED) is 0.406. The fourth-order valence-electron chi connectivity index (χ4n) is 3.98. The van der Waals surface area contributed by atoms with Crippen LogP contribution in [0.15, 0.2) is 64.6 Å². The summed E-state index contributed by atoms with van der Waals surface area (Å²) in [6.07, 6.45) is 5.24. The molecule has 1 amide bonds. The second kappa shape index (κ2) is 7.79. The lowest BCUT2D eigenvalue weighted by atomic mass is 10.1. The van der Waals surface area contributed by atoms with Gasteiger partial charge in [-0.1, -0.05) is 5.16 Å². The number of carbonyl (C=O) groups is 1. The number of amides is 1. The molecular formula is C23H22N4O4. The minimum absolute atomic E-state index is 0.0387. The van der Waals surface area contributed by atoms with E-state index < -0.39 is 0 Å². The van der Waals surface area contributed by atoms with Gasteiger partial charge < -0.3 is 23.7 Å². The van der Waals surface area contributed by atoms with Crippen LogP contribution in [0.3, 0.4) is 0 Å². The molecule has 0 atom stereocenters. The van der Waals surface area contributed by atoms with Crippen LogP contribution in [0.4, 0.5) is 0 Å². The van der Waals surface area contributed by atoms with Gasteiger partial charge in [0.15, 0.2) is 5.76 Å². The molecule has 1 fully saturated rings. The molecule has 3 aromatic heterocycles. The van der Waals surface area contributed by atoms with Crippen molar-refractivity contribution in [2.75, 3.05) is 13.1 Å². The van der Waals surface area contributed by atoms with Crippen molar-refractivity contribution in [2.24, 2.45) is 5.16 Å². The van der Waals surface area contributed by atoms with Crippen LogP contribution in [0.25, 0.3) is 27.9 Å². The number of carbonyl (C=O) groups excluding carboxylic acids is 1. The standard InChI is InChI=1S/C23H22N4O4/c1-15(28)26-9-6-17(7-10-26)30-18-4-5-22-19(12-18)20(25-29)13-23(31-22)21-11-16-3-2-8-27(16)14-24-21/h2-5,8,11-14,17,29H,6-7,9-10H2,1H3/b25-20+. The van der Waals surface area contributed by atoms with E-state index in [0.29, 0.717) is 46.6 Å². The molecule has 158 valence electrons. The lowest BCUT2D eigenvalue weighted by molar-refractivity contribution is -0.130. The third-order valence-electron chi connectivity index (χ3n) is 5.68. The van der Waals surface area contributed by atoms with Crippen molar-refractivity contribution in [3.8, 4) is 17.2 Å². The van der Waals surface area contributed by atoms with E-state index in [2.05, 4.69) is 10.1 Å². The van der Waals surface area contributed by atoms with Gasteiger partial charge in [0.2, 0.25) is 5.91 Å². The molecule has 1 aliphatic heterocycles. The Morgan fingerprint density at radius 2 is 2.06 bits per heavy atom. The number of ether oxygens (including phenoxy) is 1. The Bertz CT molecular complexity index is 1330. The van der Waals surface area contributed by atoms with Crippen molar-refractivity contribution in [2.45, 2.75) is 25.9 Å². The fourth-order valence-corrected chi connectivity index (χ4v) is 3.98. The highest BCUT2D eigenvalue weighted by Gasteiger charge is 2.22. The van der Waals surface area contributed by atoms with Crippen LogP contribution in [0, 0.1) is 0 Å². The zero-order valence-electron chi connectivity index (χ0n) is 17.1. The van der Waals surface area contributed by atoms with Gasteiger partial charge >= 0.3 is 0 Å². The largest absolute Gasteiger partial charge is 0.490 e. The summed E-state index contributed by atoms with van der Waals surface area (Å²) in [6, 6.07) is 13.0. The highest BCUT2D eigenvalue weighted by atomic mass is 16.5. The molecule has 8 heteroatoms. The van der Waals surface area contributed by atoms with Crippen LogP contribution in [-0.2, 0) is 4.79 Å². The van der Waals surface area contributed by atoms with E-state index >= 15 is 0 Å². The van der Waals surface area contributed by atoms with Gasteiger partial charge in [0.05, 0.1) is 11.7 Å². The molecule has 4 heterocycles. The number of nitrogens with zero attached hydrogens (tertiary/aromatic N) is 4. The van der Waals surface area contributed by atoms with E-state index in [0.717, 1.165) is 18.4 Å². The maximum atomic E-state index is 11.5. The second-order valence-electron chi connectivity index (χ2n) is 7.69. The molecule has 0 bridgehead atoms. The first-order chi connectivity index (χ1) is 15.1. The number of hydrogen-bond acceptors (Lipinski definition) is 6. The first-order valence-corrected chi connectivity index (χ1v) is 10.2. The highest BCUT2D eigenvalue weighted by Crippen LogP contribution is 2.26. The molecule has 8 nitrogen and oxygen atoms in total. The number of piperidine rings is 1. The summed E-state index contributed by atoms with van der Waals surface area (Å²) < 4.78 is 14.1. The SMILES string of the molecule is CC(=O)N1CCC(Oc2ccc3oc(-c4cc5cccn5cn4)c/c(=N\O)c3c2)CC1. The van der Waals surface area contributed by atoms with Gasteiger partial charge in [0, 0.05) is 50.6 Å². The fraction of sp³-hybridized carbons (Fsp3) is 0.261. The van der Waals surface area contributed by atoms with E-state index in [4.69, 9.17) is 9.15 Å². The lowest BCUT2D eigenvalue weighted by Gasteiger charge is -2.31. The molecule has 0 saturated carbocycles. The van der Waals surface area contributed by atoms with Crippen LogP contribution < -0.4 is 10.1 Å². The highest BCUT2D eigenvalue weighted by molar-refractivity contribution is 5.80. The van der Waals surface area contributed by atoms with Gasteiger partial charge in [-0.3, -0.25) is 4.79 Å². The maximum Gasteiger partial charge on any atom is 0.219 e. The van der Waals surface area contributed by atoms with Gasteiger partial charge in [0.1, 0.15) is 28.5 Å². The van der Waals surface area contributed by atoms with E-state index in [-0.39, 0.29) is 12.0 Å². The van der Waals surface area contributed by atoms with Gasteiger partial charge in [-0.05, 0) is 36.4 Å². The summed E-state index contributed by atoms with van der Waals surface area (Å²) >= 11 is 0. The average molecular weight is 418 g/mol. The van der Waals surface area contributed by atoms with Crippen molar-refractivity contribution in [3.63, 3.8) is 0 Å². The van der Waals surface area contributed by atoms with Crippen molar-refractivity contribution in [1.82, 2.24) is 14.3 Å². The minimum Gasteiger partial charge on any atom is -0.490 e. The monoisotopic (exact) mass is 418 g/mol. The Morgan fingerprint density at radius 3 is 2.84 bits per heavy atom. The molecule has 1 N–H and O–H groups in total. The van der Waals surface area contributed by atoms with Crippen LogP contribution >= 0.6 is 0 Å². The molecule has 0 spiro atoms. The van der Waals surface area contributed by atoms with Gasteiger partial charge in [-0.2, -0.15) is 0 Å². The molecule has 1 saturated heterocycles. The number of aromatic nitrogens is 2. The summed E-state index contributed by atoms with van der Waals surface area (Å²) in [5, 5.41) is 14.1. The Labute approximate surface area is 178 Å². The first-order valence-electron chi connectivity index (χ1n) is 10.2. The number of fused-ring (bicyclic) bond motifs is 2. The Kier molecular flexibility index (Phi) is 4.82. The van der Waals surface area contributed by atoms with Gasteiger partial charge in [-0.15, -0.1) is 0 Å². The number of hydrogen-bond donors (Lipinski definition) is 1. The van der Waals surface area contributed by atoms with Crippen LogP contribution in [-0.4, -0.2) is 44.6 Å². The third-order valence-corrected chi connectivity index (χ3v) is 5.68. The summed E-state index contributed by atoms with van der Waals surface area (Å²) in [4.78, 5) is 17.8. The zero-order chi connectivity index (χ0) is 21.4. The summed E-state index contributed by atoms with van der Waals surface area (Å²) in [5.41, 5.74) is 2.21. The molecule has 0 unspecified atom stereocenters. The topological polar surface area (TPSA) is 92.6 Å². The molecular weight excluding hydrogens is 396 g/mol.